The summed E-state index contributed by atoms with van der Waals surface area (Å²) in [4.78, 5) is 28.6. The second-order valence-electron chi connectivity index (χ2n) is 8.86. The van der Waals surface area contributed by atoms with Gasteiger partial charge in [-0.25, -0.2) is 8.42 Å². The number of methoxy groups -OCH3 is 1. The summed E-state index contributed by atoms with van der Waals surface area (Å²) in [5.74, 6) is -0.602. The number of sulfonamides is 1. The maximum atomic E-state index is 14.0. The molecule has 39 heavy (non-hydrogen) atoms. The first kappa shape index (κ1) is 30.0. The number of benzene rings is 3. The molecule has 0 aliphatic heterocycles. The lowest BCUT2D eigenvalue weighted by Crippen LogP contribution is -2.52. The van der Waals surface area contributed by atoms with E-state index >= 15 is 0 Å². The molecule has 0 spiro atoms. The van der Waals surface area contributed by atoms with E-state index in [1.165, 1.54) is 30.2 Å². The lowest BCUT2D eigenvalue weighted by atomic mass is 10.1. The SMILES string of the molecule is CCCNC(=O)C(CC)N(Cc1ccccc1)C(=O)CN(c1cc(Cl)ccc1OC)S(=O)(=O)c1ccccc1. The number of carbonyl (C=O) groups excluding carboxylic acids is 2. The fourth-order valence-electron chi connectivity index (χ4n) is 4.16. The van der Waals surface area contributed by atoms with Crippen molar-refractivity contribution in [1.29, 1.82) is 0 Å². The maximum Gasteiger partial charge on any atom is 0.264 e. The second kappa shape index (κ2) is 14.0. The molecule has 3 aromatic carbocycles. The zero-order valence-electron chi connectivity index (χ0n) is 22.3. The van der Waals surface area contributed by atoms with Crippen molar-refractivity contribution in [3.8, 4) is 5.75 Å². The average Bonchev–Trinajstić information content (AvgIpc) is 2.95. The lowest BCUT2D eigenvalue weighted by molar-refractivity contribution is -0.140. The minimum absolute atomic E-state index is 0.00201. The van der Waals surface area contributed by atoms with Gasteiger partial charge in [-0.1, -0.05) is 74.0 Å². The minimum atomic E-state index is -4.23. The second-order valence-corrected chi connectivity index (χ2v) is 11.2. The number of halogens is 1. The van der Waals surface area contributed by atoms with Gasteiger partial charge in [0.05, 0.1) is 17.7 Å². The Morgan fingerprint density at radius 2 is 1.62 bits per heavy atom. The van der Waals surface area contributed by atoms with Crippen molar-refractivity contribution >= 4 is 39.1 Å². The number of anilines is 1. The largest absolute Gasteiger partial charge is 0.495 e. The molecule has 0 heterocycles. The van der Waals surface area contributed by atoms with Gasteiger partial charge in [-0.2, -0.15) is 0 Å². The third-order valence-electron chi connectivity index (χ3n) is 6.15. The Labute approximate surface area is 235 Å². The van der Waals surface area contributed by atoms with Gasteiger partial charge in [0.15, 0.2) is 0 Å². The number of rotatable bonds is 13. The molecular weight excluding hydrogens is 538 g/mol. The number of nitrogens with one attached hydrogen (secondary N) is 1. The van der Waals surface area contributed by atoms with Crippen LogP contribution in [0.2, 0.25) is 5.02 Å². The summed E-state index contributed by atoms with van der Waals surface area (Å²) in [5.41, 5.74) is 0.927. The van der Waals surface area contributed by atoms with Crippen LogP contribution in [0.25, 0.3) is 0 Å². The van der Waals surface area contributed by atoms with Crippen molar-refractivity contribution in [2.45, 2.75) is 44.2 Å². The van der Waals surface area contributed by atoms with Crippen molar-refractivity contribution in [2.75, 3.05) is 24.5 Å². The maximum absolute atomic E-state index is 14.0. The van der Waals surface area contributed by atoms with Gasteiger partial charge in [0.25, 0.3) is 10.0 Å². The number of nitrogens with zero attached hydrogens (tertiary/aromatic N) is 2. The predicted octanol–water partition coefficient (Wildman–Crippen LogP) is 4.88. The molecule has 208 valence electrons. The van der Waals surface area contributed by atoms with Gasteiger partial charge in [-0.3, -0.25) is 13.9 Å². The Hall–Kier alpha value is -3.56. The Morgan fingerprint density at radius 3 is 2.21 bits per heavy atom. The highest BCUT2D eigenvalue weighted by Crippen LogP contribution is 2.35. The van der Waals surface area contributed by atoms with Crippen LogP contribution >= 0.6 is 11.6 Å². The number of amides is 2. The van der Waals surface area contributed by atoms with Crippen LogP contribution in [0.5, 0.6) is 5.75 Å². The summed E-state index contributed by atoms with van der Waals surface area (Å²) in [6, 6.07) is 20.9. The third kappa shape index (κ3) is 7.52. The van der Waals surface area contributed by atoms with Crippen LogP contribution in [0.1, 0.15) is 32.3 Å². The van der Waals surface area contributed by atoms with E-state index in [0.717, 1.165) is 16.3 Å². The fourth-order valence-corrected chi connectivity index (χ4v) is 5.76. The number of ether oxygens (including phenoxy) is 1. The Bertz CT molecular complexity index is 1350. The molecule has 1 N–H and O–H groups in total. The molecule has 0 radical (unpaired) electrons. The van der Waals surface area contributed by atoms with E-state index in [4.69, 9.17) is 16.3 Å². The first-order valence-electron chi connectivity index (χ1n) is 12.7. The van der Waals surface area contributed by atoms with Crippen molar-refractivity contribution < 1.29 is 22.7 Å². The van der Waals surface area contributed by atoms with E-state index in [1.807, 2.05) is 44.2 Å². The molecule has 0 bridgehead atoms. The van der Waals surface area contributed by atoms with Gasteiger partial charge in [0, 0.05) is 18.1 Å². The van der Waals surface area contributed by atoms with E-state index in [2.05, 4.69) is 5.32 Å². The van der Waals surface area contributed by atoms with Gasteiger partial charge >= 0.3 is 0 Å². The molecule has 0 aliphatic rings. The molecule has 10 heteroatoms. The van der Waals surface area contributed by atoms with Crippen molar-refractivity contribution in [3.63, 3.8) is 0 Å². The molecule has 3 aromatic rings. The summed E-state index contributed by atoms with van der Waals surface area (Å²) in [6.45, 7) is 3.79. The van der Waals surface area contributed by atoms with Crippen molar-refractivity contribution in [1.82, 2.24) is 10.2 Å². The van der Waals surface area contributed by atoms with E-state index < -0.39 is 28.5 Å². The summed E-state index contributed by atoms with van der Waals surface area (Å²) < 4.78 is 34.3. The first-order valence-corrected chi connectivity index (χ1v) is 14.6. The molecule has 8 nitrogen and oxygen atoms in total. The molecule has 1 unspecified atom stereocenters. The fraction of sp³-hybridized carbons (Fsp3) is 0.310. The normalized spacial score (nSPS) is 11.9. The zero-order chi connectivity index (χ0) is 28.4. The highest BCUT2D eigenvalue weighted by Gasteiger charge is 2.34. The monoisotopic (exact) mass is 571 g/mol. The lowest BCUT2D eigenvalue weighted by Gasteiger charge is -2.33. The Morgan fingerprint density at radius 1 is 0.974 bits per heavy atom. The van der Waals surface area contributed by atoms with Crippen molar-refractivity contribution in [3.05, 3.63) is 89.4 Å². The first-order chi connectivity index (χ1) is 18.7. The number of hydrogen-bond donors (Lipinski definition) is 1. The van der Waals surface area contributed by atoms with Gasteiger partial charge in [0.2, 0.25) is 11.8 Å². The molecule has 0 saturated carbocycles. The topological polar surface area (TPSA) is 96.0 Å². The van der Waals surface area contributed by atoms with Crippen LogP contribution in [0.4, 0.5) is 5.69 Å². The Kier molecular flexibility index (Phi) is 10.8. The third-order valence-corrected chi connectivity index (χ3v) is 8.16. The van der Waals surface area contributed by atoms with E-state index in [1.54, 1.807) is 30.3 Å². The van der Waals surface area contributed by atoms with Gasteiger partial charge < -0.3 is 15.0 Å². The summed E-state index contributed by atoms with van der Waals surface area (Å²) >= 11 is 6.26. The predicted molar refractivity (Wildman–Crippen MR) is 153 cm³/mol. The van der Waals surface area contributed by atoms with Crippen LogP contribution in [0.3, 0.4) is 0 Å². The van der Waals surface area contributed by atoms with Crippen LogP contribution in [-0.2, 0) is 26.2 Å². The minimum Gasteiger partial charge on any atom is -0.495 e. The average molecular weight is 572 g/mol. The molecule has 2 amide bonds. The van der Waals surface area contributed by atoms with Gasteiger partial charge in [0.1, 0.15) is 18.3 Å². The summed E-state index contributed by atoms with van der Waals surface area (Å²) in [7, 11) is -2.81. The quantitative estimate of drug-likeness (QED) is 0.315. The molecule has 1 atom stereocenters. The van der Waals surface area contributed by atoms with E-state index in [0.29, 0.717) is 13.0 Å². The molecule has 0 aromatic heterocycles. The molecule has 0 fully saturated rings. The number of carbonyl (C=O) groups is 2. The standard InChI is InChI=1S/C29H34ClN3O5S/c1-4-18-31-29(35)25(5-2)32(20-22-12-8-6-9-13-22)28(34)21-33(26-19-23(30)16-17-27(26)38-3)39(36,37)24-14-10-7-11-15-24/h6-17,19,25H,4-5,18,20-21H2,1-3H3,(H,31,35). The van der Waals surface area contributed by atoms with Crippen LogP contribution < -0.4 is 14.4 Å². The summed E-state index contributed by atoms with van der Waals surface area (Å²) in [6.07, 6.45) is 1.09. The van der Waals surface area contributed by atoms with Crippen LogP contribution in [-0.4, -0.2) is 51.4 Å². The van der Waals surface area contributed by atoms with Gasteiger partial charge in [-0.05, 0) is 48.7 Å². The van der Waals surface area contributed by atoms with Crippen LogP contribution in [0, 0.1) is 0 Å². The Balaban J connectivity index is 2.09. The molecule has 0 saturated heterocycles. The van der Waals surface area contributed by atoms with Crippen LogP contribution in [0.15, 0.2) is 83.8 Å². The van der Waals surface area contributed by atoms with E-state index in [9.17, 15) is 18.0 Å². The molecule has 0 aliphatic carbocycles. The highest BCUT2D eigenvalue weighted by molar-refractivity contribution is 7.92. The highest BCUT2D eigenvalue weighted by atomic mass is 35.5. The number of hydrogen-bond acceptors (Lipinski definition) is 5. The molecule has 3 rings (SSSR count). The smallest absolute Gasteiger partial charge is 0.264 e. The summed E-state index contributed by atoms with van der Waals surface area (Å²) in [5, 5.41) is 3.15. The van der Waals surface area contributed by atoms with Crippen molar-refractivity contribution in [2.24, 2.45) is 0 Å². The van der Waals surface area contributed by atoms with Gasteiger partial charge in [-0.15, -0.1) is 0 Å². The van der Waals surface area contributed by atoms with E-state index in [-0.39, 0.29) is 33.8 Å². The molecular formula is C29H34ClN3O5S. The zero-order valence-corrected chi connectivity index (χ0v) is 23.9.